The summed E-state index contributed by atoms with van der Waals surface area (Å²) in [5.41, 5.74) is 3.36. The number of alkyl halides is 3. The Morgan fingerprint density at radius 3 is 2.24 bits per heavy atom. The lowest BCUT2D eigenvalue weighted by Crippen LogP contribution is -2.70. The van der Waals surface area contributed by atoms with Crippen LogP contribution in [0.1, 0.15) is 54.2 Å². The van der Waals surface area contributed by atoms with Crippen LogP contribution < -0.4 is 10.1 Å². The molecule has 4 aliphatic heterocycles. The van der Waals surface area contributed by atoms with E-state index < -0.39 is 6.36 Å². The number of ether oxygens (including phenoxy) is 1. The molecule has 4 aliphatic rings. The molecule has 1 N–H and O–H groups in total. The van der Waals surface area contributed by atoms with Gasteiger partial charge in [0.1, 0.15) is 5.75 Å². The minimum atomic E-state index is -4.72. The van der Waals surface area contributed by atoms with E-state index in [1.165, 1.54) is 17.2 Å². The van der Waals surface area contributed by atoms with Crippen LogP contribution in [0.3, 0.4) is 0 Å². The summed E-state index contributed by atoms with van der Waals surface area (Å²) in [5.74, 6) is 0.353. The van der Waals surface area contributed by atoms with Gasteiger partial charge in [0.15, 0.2) is 0 Å². The molecule has 0 spiro atoms. The van der Waals surface area contributed by atoms with E-state index in [4.69, 9.17) is 0 Å². The summed E-state index contributed by atoms with van der Waals surface area (Å²) >= 11 is 1.60. The number of halogens is 3. The zero-order valence-corrected chi connectivity index (χ0v) is 22.4. The van der Waals surface area contributed by atoms with Crippen molar-refractivity contribution in [1.29, 1.82) is 0 Å². The first-order chi connectivity index (χ1) is 18.3. The lowest BCUT2D eigenvalue weighted by atomic mass is 9.61. The van der Waals surface area contributed by atoms with Gasteiger partial charge < -0.3 is 10.1 Å². The molecular weight excluding hydrogens is 505 g/mol. The predicted octanol–water partition coefficient (Wildman–Crippen LogP) is 7.40. The molecule has 4 saturated heterocycles. The summed E-state index contributed by atoms with van der Waals surface area (Å²) in [5, 5.41) is 3.72. The van der Waals surface area contributed by atoms with Gasteiger partial charge in [0.05, 0.1) is 5.66 Å². The maximum absolute atomic E-state index is 13.3. The van der Waals surface area contributed by atoms with Crippen molar-refractivity contribution in [2.24, 2.45) is 5.92 Å². The molecular formula is C31H33F3N2OS. The number of nitrogens with one attached hydrogen (secondary N) is 1. The molecule has 4 heterocycles. The molecule has 200 valence electrons. The van der Waals surface area contributed by atoms with Crippen LogP contribution in [0.15, 0.2) is 83.8 Å². The highest BCUT2D eigenvalue weighted by Crippen LogP contribution is 2.61. The Hall–Kier alpha value is -2.48. The third-order valence-electron chi connectivity index (χ3n) is 9.07. The van der Waals surface area contributed by atoms with Gasteiger partial charge in [-0.3, -0.25) is 4.90 Å². The van der Waals surface area contributed by atoms with Gasteiger partial charge >= 0.3 is 6.36 Å². The molecule has 38 heavy (non-hydrogen) atoms. The molecule has 3 aromatic carbocycles. The van der Waals surface area contributed by atoms with E-state index in [0.29, 0.717) is 12.0 Å². The number of rotatable bonds is 7. The summed E-state index contributed by atoms with van der Waals surface area (Å²) < 4.78 is 44.2. The number of benzene rings is 3. The molecule has 0 aromatic heterocycles. The SMILES string of the molecule is CNC12CCC3CC(C1)C(c1cc(OC(F)(F)F)ccc1SC)C(C(c1ccccc1)c1ccccc1)N32. The number of thioether (sulfide) groups is 1. The van der Waals surface area contributed by atoms with Crippen molar-refractivity contribution in [2.45, 2.75) is 66.5 Å². The third kappa shape index (κ3) is 4.42. The normalized spacial score (nSPS) is 30.1. The lowest BCUT2D eigenvalue weighted by molar-refractivity contribution is -0.274. The topological polar surface area (TPSA) is 24.5 Å². The average Bonchev–Trinajstić information content (AvgIpc) is 3.18. The third-order valence-corrected chi connectivity index (χ3v) is 9.88. The second-order valence-corrected chi connectivity index (χ2v) is 11.7. The van der Waals surface area contributed by atoms with E-state index in [9.17, 15) is 13.2 Å². The first-order valence-corrected chi connectivity index (χ1v) is 14.6. The van der Waals surface area contributed by atoms with Gasteiger partial charge in [-0.05, 0) is 79.8 Å². The van der Waals surface area contributed by atoms with E-state index in [0.717, 1.165) is 36.1 Å². The second kappa shape index (κ2) is 9.92. The second-order valence-electron chi connectivity index (χ2n) is 10.8. The van der Waals surface area contributed by atoms with Crippen LogP contribution in [0.2, 0.25) is 0 Å². The highest BCUT2D eigenvalue weighted by Gasteiger charge is 2.63. The number of hydrogen-bond acceptors (Lipinski definition) is 4. The molecule has 6 unspecified atom stereocenters. The first-order valence-electron chi connectivity index (χ1n) is 13.3. The van der Waals surface area contributed by atoms with Crippen LogP contribution in [0, 0.1) is 5.92 Å². The van der Waals surface area contributed by atoms with Gasteiger partial charge in [0, 0.05) is 28.8 Å². The Kier molecular flexibility index (Phi) is 6.73. The average molecular weight is 539 g/mol. The van der Waals surface area contributed by atoms with E-state index in [1.807, 2.05) is 18.4 Å². The number of nitrogens with zero attached hydrogens (tertiary/aromatic N) is 1. The summed E-state index contributed by atoms with van der Waals surface area (Å²) in [4.78, 5) is 3.75. The van der Waals surface area contributed by atoms with Crippen LogP contribution in [0.5, 0.6) is 5.75 Å². The monoisotopic (exact) mass is 538 g/mol. The number of piperidine rings is 3. The fraction of sp³-hybridized carbons (Fsp3) is 0.419. The van der Waals surface area contributed by atoms with Crippen LogP contribution in [0.4, 0.5) is 13.2 Å². The predicted molar refractivity (Wildman–Crippen MR) is 146 cm³/mol. The summed E-state index contributed by atoms with van der Waals surface area (Å²) in [6.45, 7) is 0. The van der Waals surface area contributed by atoms with Crippen molar-refractivity contribution >= 4 is 11.8 Å². The molecule has 4 bridgehead atoms. The number of hydrogen-bond donors (Lipinski definition) is 1. The van der Waals surface area contributed by atoms with Crippen molar-refractivity contribution in [1.82, 2.24) is 10.2 Å². The van der Waals surface area contributed by atoms with Gasteiger partial charge in [-0.1, -0.05) is 60.7 Å². The van der Waals surface area contributed by atoms with Crippen LogP contribution in [-0.4, -0.2) is 42.3 Å². The summed E-state index contributed by atoms with van der Waals surface area (Å²) in [6.07, 6.45) is 1.58. The van der Waals surface area contributed by atoms with E-state index in [-0.39, 0.29) is 29.3 Å². The van der Waals surface area contributed by atoms with E-state index in [2.05, 4.69) is 70.5 Å². The Morgan fingerprint density at radius 2 is 1.66 bits per heavy atom. The van der Waals surface area contributed by atoms with E-state index in [1.54, 1.807) is 23.9 Å². The molecule has 0 aliphatic carbocycles. The zero-order chi connectivity index (χ0) is 26.5. The Balaban J connectivity index is 1.56. The van der Waals surface area contributed by atoms with Gasteiger partial charge in [-0.2, -0.15) is 0 Å². The van der Waals surface area contributed by atoms with Gasteiger partial charge in [-0.15, -0.1) is 24.9 Å². The Labute approximate surface area is 226 Å². The maximum atomic E-state index is 13.3. The molecule has 3 aromatic rings. The van der Waals surface area contributed by atoms with E-state index >= 15 is 0 Å². The molecule has 0 amide bonds. The summed E-state index contributed by atoms with van der Waals surface area (Å²) in [6, 6.07) is 26.7. The van der Waals surface area contributed by atoms with Gasteiger partial charge in [-0.25, -0.2) is 0 Å². The molecule has 0 saturated carbocycles. The molecule has 3 nitrogen and oxygen atoms in total. The molecule has 4 fully saturated rings. The zero-order valence-electron chi connectivity index (χ0n) is 21.6. The standard InChI is InChI=1S/C31H33F3N2OS/c1-35-30-16-15-23-17-22(19-30)28(25-18-24(37-31(32,33)34)13-14-26(25)38-2)29(36(23)30)27(20-9-5-3-6-10-20)21-11-7-4-8-12-21/h3-14,18,22-23,27-29,35H,15-17,19H2,1-2H3. The Bertz CT molecular complexity index is 1230. The summed E-state index contributed by atoms with van der Waals surface area (Å²) in [7, 11) is 2.07. The highest BCUT2D eigenvalue weighted by atomic mass is 32.2. The van der Waals surface area contributed by atoms with Crippen molar-refractivity contribution in [2.75, 3.05) is 13.3 Å². The fourth-order valence-electron chi connectivity index (χ4n) is 7.82. The minimum Gasteiger partial charge on any atom is -0.406 e. The highest BCUT2D eigenvalue weighted by molar-refractivity contribution is 7.98. The smallest absolute Gasteiger partial charge is 0.406 e. The van der Waals surface area contributed by atoms with Crippen molar-refractivity contribution in [3.63, 3.8) is 0 Å². The Morgan fingerprint density at radius 1 is 1.00 bits per heavy atom. The van der Waals surface area contributed by atoms with Crippen molar-refractivity contribution < 1.29 is 17.9 Å². The minimum absolute atomic E-state index is 0.0653. The van der Waals surface area contributed by atoms with Crippen LogP contribution in [-0.2, 0) is 0 Å². The van der Waals surface area contributed by atoms with Crippen molar-refractivity contribution in [3.05, 3.63) is 95.6 Å². The molecule has 0 radical (unpaired) electrons. The van der Waals surface area contributed by atoms with Crippen LogP contribution >= 0.6 is 11.8 Å². The fourth-order valence-corrected chi connectivity index (χ4v) is 8.46. The maximum Gasteiger partial charge on any atom is 0.573 e. The number of fused-ring (bicyclic) bond motifs is 1. The largest absolute Gasteiger partial charge is 0.573 e. The lowest BCUT2D eigenvalue weighted by Gasteiger charge is -2.62. The van der Waals surface area contributed by atoms with Gasteiger partial charge in [0.25, 0.3) is 0 Å². The quantitative estimate of drug-likeness (QED) is 0.317. The van der Waals surface area contributed by atoms with Gasteiger partial charge in [0.2, 0.25) is 0 Å². The molecule has 7 rings (SSSR count). The molecule has 6 atom stereocenters. The molecule has 7 heteroatoms. The first kappa shape index (κ1) is 25.8. The van der Waals surface area contributed by atoms with Crippen LogP contribution in [0.25, 0.3) is 0 Å². The van der Waals surface area contributed by atoms with Crippen molar-refractivity contribution in [3.8, 4) is 5.75 Å².